The van der Waals surface area contributed by atoms with E-state index in [1.165, 1.54) is 3.57 Å². The predicted molar refractivity (Wildman–Crippen MR) is 354 cm³/mol. The maximum absolute atomic E-state index is 13.5. The van der Waals surface area contributed by atoms with Crippen LogP contribution in [-0.4, -0.2) is 9.13 Å². The average Bonchev–Trinajstić information content (AvgIpc) is 3.66. The molecular weight excluding hydrogens is 1270 g/mol. The van der Waals surface area contributed by atoms with Gasteiger partial charge in [-0.2, -0.15) is 0 Å². The number of terminal acetylenes is 1. The van der Waals surface area contributed by atoms with Gasteiger partial charge < -0.3 is 28.1 Å². The van der Waals surface area contributed by atoms with Crippen LogP contribution in [0, 0.1) is 31.3 Å². The molecule has 0 spiro atoms. The number of hydrogen-bond acceptors (Lipinski definition) is 6. The van der Waals surface area contributed by atoms with Crippen LogP contribution in [0.2, 0.25) is 0 Å². The van der Waals surface area contributed by atoms with Crippen LogP contribution >= 0.6 is 45.2 Å². The van der Waals surface area contributed by atoms with Crippen molar-refractivity contribution < 1.29 is 18.9 Å². The first-order valence-corrected chi connectivity index (χ1v) is 29.2. The second kappa shape index (κ2) is 33.6. The summed E-state index contributed by atoms with van der Waals surface area (Å²) in [6.07, 6.45) is 8.83. The minimum absolute atomic E-state index is 0.0278. The van der Waals surface area contributed by atoms with Gasteiger partial charge in [0.15, 0.2) is 0 Å². The largest absolute Gasteiger partial charge is 0.489 e. The molecule has 0 unspecified atom stereocenters. The minimum atomic E-state index is -0.185. The van der Waals surface area contributed by atoms with E-state index in [1.54, 1.807) is 21.5 Å². The zero-order valence-electron chi connectivity index (χ0n) is 46.1. The molecule has 11 rings (SSSR count). The van der Waals surface area contributed by atoms with Crippen LogP contribution in [0.25, 0.3) is 0 Å². The maximum Gasteiger partial charge on any atom is 0.270 e. The predicted octanol–water partition coefficient (Wildman–Crippen LogP) is 16.1. The Labute approximate surface area is 519 Å². The van der Waals surface area contributed by atoms with Crippen molar-refractivity contribution in [3.05, 3.63) is 363 Å². The molecule has 0 saturated carbocycles. The molecule has 416 valence electrons. The Morgan fingerprint density at radius 2 is 0.679 bits per heavy atom. The molecule has 0 atom stereocenters. The van der Waals surface area contributed by atoms with Crippen molar-refractivity contribution >= 4 is 45.2 Å². The van der Waals surface area contributed by atoms with Crippen molar-refractivity contribution in [2.75, 3.05) is 0 Å². The molecular formula is C74H60I2N2O6. The Morgan fingerprint density at radius 3 is 1.06 bits per heavy atom. The lowest BCUT2D eigenvalue weighted by Gasteiger charge is -2.12. The molecule has 8 nitrogen and oxygen atoms in total. The van der Waals surface area contributed by atoms with E-state index < -0.39 is 0 Å². The molecule has 0 fully saturated rings. The fraction of sp³-hybridized carbons (Fsp3) is 0.0811. The number of aromatic nitrogens is 2. The van der Waals surface area contributed by atoms with E-state index in [0.717, 1.165) is 56.0 Å². The summed E-state index contributed by atoms with van der Waals surface area (Å²) in [6, 6.07) is 88.7. The minimum Gasteiger partial charge on any atom is -0.489 e. The van der Waals surface area contributed by atoms with Crippen molar-refractivity contribution in [1.82, 2.24) is 9.13 Å². The highest BCUT2D eigenvalue weighted by Crippen LogP contribution is 2.21. The van der Waals surface area contributed by atoms with Crippen LogP contribution in [0.1, 0.15) is 50.1 Å². The van der Waals surface area contributed by atoms with Gasteiger partial charge in [0.05, 0.1) is 13.1 Å². The summed E-state index contributed by atoms with van der Waals surface area (Å²) < 4.78 is 28.6. The highest BCUT2D eigenvalue weighted by atomic mass is 127. The van der Waals surface area contributed by atoms with Crippen molar-refractivity contribution in [2.45, 2.75) is 39.5 Å². The zero-order chi connectivity index (χ0) is 58.4. The first kappa shape index (κ1) is 60.7. The van der Waals surface area contributed by atoms with Crippen LogP contribution in [0.15, 0.2) is 295 Å². The fourth-order valence-corrected chi connectivity index (χ4v) is 9.09. The second-order valence-corrected chi connectivity index (χ2v) is 21.0. The Balaban J connectivity index is 0.000000168. The summed E-state index contributed by atoms with van der Waals surface area (Å²) in [4.78, 5) is 25.9. The summed E-state index contributed by atoms with van der Waals surface area (Å²) in [5.41, 5.74) is 8.27. The van der Waals surface area contributed by atoms with Gasteiger partial charge in [-0.3, -0.25) is 9.59 Å². The Hall–Kier alpha value is -9.34. The van der Waals surface area contributed by atoms with Gasteiger partial charge in [0.25, 0.3) is 11.1 Å². The molecule has 2 heterocycles. The number of benzene rings is 9. The Kier molecular flexibility index (Phi) is 24.3. The molecule has 0 amide bonds. The molecule has 10 heteroatoms. The van der Waals surface area contributed by atoms with Gasteiger partial charge in [-0.05, 0) is 151 Å². The number of pyridine rings is 2. The molecule has 0 aliphatic heterocycles. The average molecular weight is 1330 g/mol. The van der Waals surface area contributed by atoms with E-state index in [2.05, 4.69) is 75.1 Å². The van der Waals surface area contributed by atoms with Crippen LogP contribution in [0.3, 0.4) is 0 Å². The quantitative estimate of drug-likeness (QED) is 0.0708. The monoisotopic (exact) mass is 1330 g/mol. The third kappa shape index (κ3) is 20.3. The summed E-state index contributed by atoms with van der Waals surface area (Å²) in [6.45, 7) is 2.91. The molecule has 84 heavy (non-hydrogen) atoms. The number of rotatable bonds is 16. The SMILES string of the molecule is C#Cc1ccc(OCc2ccccc2)cc1.Ic1ccccc1.O=c1c(C#Cc2ccc(OCc3ccccc3)cc2)c(OCc2ccccc2)ccn1Cc1ccccc1.O=c1c(I)c(OCc2ccccc2)ccn1Cc1ccccc1. The van der Waals surface area contributed by atoms with Crippen LogP contribution < -0.4 is 30.1 Å². The lowest BCUT2D eigenvalue weighted by molar-refractivity contribution is 0.302. The van der Waals surface area contributed by atoms with Crippen LogP contribution in [0.5, 0.6) is 23.0 Å². The van der Waals surface area contributed by atoms with Crippen LogP contribution in [-0.2, 0) is 39.5 Å². The topological polar surface area (TPSA) is 80.9 Å². The molecule has 11 aromatic rings. The Bertz CT molecular complexity index is 3950. The molecule has 2 aromatic heterocycles. The van der Waals surface area contributed by atoms with Gasteiger partial charge in [-0.15, -0.1) is 6.42 Å². The van der Waals surface area contributed by atoms with E-state index in [1.807, 2.05) is 261 Å². The number of halogens is 2. The second-order valence-electron chi connectivity index (χ2n) is 18.7. The molecule has 9 aromatic carbocycles. The summed E-state index contributed by atoms with van der Waals surface area (Å²) in [7, 11) is 0. The lowest BCUT2D eigenvalue weighted by atomic mass is 10.1. The standard InChI is InChI=1S/C34H27NO3.C19H16INO2.C15H12O.C6H5I/c36-34-32(21-18-27-16-19-31(20-17-27)37-25-29-12-6-2-7-13-29)33(38-26-30-14-8-3-9-15-30)22-23-35(34)24-28-10-4-1-5-11-28;20-18-17(23-14-16-9-5-2-6-10-16)11-12-21(19(18)22)13-15-7-3-1-4-8-15;1-2-13-8-10-15(11-9-13)16-12-14-6-4-3-5-7-14;7-6-4-2-1-3-5-6/h1-17,19-20,22-23H,24-26H2;1-12H,13-14H2;1,3-11H,12H2;1-5H. The maximum atomic E-state index is 13.5. The van der Waals surface area contributed by atoms with Crippen molar-refractivity contribution in [3.63, 3.8) is 0 Å². The van der Waals surface area contributed by atoms with Gasteiger partial charge in [0.2, 0.25) is 0 Å². The number of hydrogen-bond donors (Lipinski definition) is 0. The summed E-state index contributed by atoms with van der Waals surface area (Å²) >= 11 is 4.34. The van der Waals surface area contributed by atoms with E-state index in [9.17, 15) is 9.59 Å². The number of nitrogens with zero attached hydrogens (tertiary/aromatic N) is 2. The molecule has 0 aliphatic rings. The van der Waals surface area contributed by atoms with E-state index in [-0.39, 0.29) is 11.1 Å². The third-order valence-corrected chi connectivity index (χ3v) is 14.2. The molecule has 0 bridgehead atoms. The van der Waals surface area contributed by atoms with Crippen LogP contribution in [0.4, 0.5) is 0 Å². The van der Waals surface area contributed by atoms with Crippen molar-refractivity contribution in [3.8, 4) is 47.2 Å². The zero-order valence-corrected chi connectivity index (χ0v) is 50.4. The third-order valence-electron chi connectivity index (χ3n) is 12.5. The lowest BCUT2D eigenvalue weighted by Crippen LogP contribution is -2.23. The molecule has 0 radical (unpaired) electrons. The van der Waals surface area contributed by atoms with E-state index >= 15 is 0 Å². The van der Waals surface area contributed by atoms with Gasteiger partial charge in [0, 0.05) is 27.1 Å². The first-order valence-electron chi connectivity index (χ1n) is 27.0. The van der Waals surface area contributed by atoms with Gasteiger partial charge >= 0.3 is 0 Å². The first-order chi connectivity index (χ1) is 41.3. The van der Waals surface area contributed by atoms with E-state index in [0.29, 0.717) is 60.1 Å². The van der Waals surface area contributed by atoms with E-state index in [4.69, 9.17) is 25.4 Å². The van der Waals surface area contributed by atoms with Gasteiger partial charge in [-0.1, -0.05) is 218 Å². The van der Waals surface area contributed by atoms with Gasteiger partial charge in [0.1, 0.15) is 58.6 Å². The molecule has 0 aliphatic carbocycles. The highest BCUT2D eigenvalue weighted by molar-refractivity contribution is 14.1. The Morgan fingerprint density at radius 1 is 0.345 bits per heavy atom. The molecule has 0 saturated heterocycles. The number of ether oxygens (including phenoxy) is 4. The summed E-state index contributed by atoms with van der Waals surface area (Å²) in [5.74, 6) is 11.5. The summed E-state index contributed by atoms with van der Waals surface area (Å²) in [5, 5.41) is 0. The molecule has 0 N–H and O–H groups in total. The smallest absolute Gasteiger partial charge is 0.270 e. The normalized spacial score (nSPS) is 10.1. The highest BCUT2D eigenvalue weighted by Gasteiger charge is 2.12. The van der Waals surface area contributed by atoms with Crippen molar-refractivity contribution in [2.24, 2.45) is 0 Å². The van der Waals surface area contributed by atoms with Gasteiger partial charge in [-0.25, -0.2) is 0 Å². The van der Waals surface area contributed by atoms with Crippen molar-refractivity contribution in [1.29, 1.82) is 0 Å². The fourth-order valence-electron chi connectivity index (χ4n) is 8.03.